The molecule has 0 aromatic heterocycles. The van der Waals surface area contributed by atoms with E-state index in [1.54, 1.807) is 6.08 Å². The second-order valence-corrected chi connectivity index (χ2v) is 5.96. The first-order valence-electron chi connectivity index (χ1n) is 5.23. The summed E-state index contributed by atoms with van der Waals surface area (Å²) in [5, 5.41) is 6.06. The number of nitrogens with zero attached hydrogens (tertiary/aromatic N) is 1. The molecule has 1 unspecified atom stereocenters. The fourth-order valence-corrected chi connectivity index (χ4v) is 2.04. The van der Waals surface area contributed by atoms with Gasteiger partial charge < -0.3 is 9.87 Å². The van der Waals surface area contributed by atoms with E-state index >= 15 is 0 Å². The van der Waals surface area contributed by atoms with Gasteiger partial charge in [-0.1, -0.05) is 32.5 Å². The highest BCUT2D eigenvalue weighted by atomic mass is 32.2. The predicted molar refractivity (Wildman–Crippen MR) is 70.5 cm³/mol. The van der Waals surface area contributed by atoms with Crippen LogP contribution in [0.2, 0.25) is 0 Å². The maximum Gasteiger partial charge on any atom is 0.433 e. The summed E-state index contributed by atoms with van der Waals surface area (Å²) >= 11 is -1.07. The molecule has 5 nitrogen and oxygen atoms in total. The van der Waals surface area contributed by atoms with Crippen LogP contribution in [0.4, 0.5) is 4.79 Å². The number of nitrogens with one attached hydrogen (secondary N) is 1. The molecule has 0 saturated heterocycles. The highest BCUT2D eigenvalue weighted by molar-refractivity contribution is 7.92. The molecule has 17 heavy (non-hydrogen) atoms. The highest BCUT2D eigenvalue weighted by Gasteiger charge is 2.25. The van der Waals surface area contributed by atoms with Gasteiger partial charge in [0.25, 0.3) is 0 Å². The molecule has 1 N–H and O–H groups in total. The molecular weight excluding hydrogens is 240 g/mol. The van der Waals surface area contributed by atoms with Crippen LogP contribution >= 0.6 is 0 Å². The van der Waals surface area contributed by atoms with E-state index in [1.165, 1.54) is 7.05 Å². The second-order valence-electron chi connectivity index (χ2n) is 4.46. The van der Waals surface area contributed by atoms with E-state index in [2.05, 4.69) is 21.9 Å². The molecule has 0 fully saturated rings. The van der Waals surface area contributed by atoms with E-state index in [-0.39, 0.29) is 11.2 Å². The summed E-state index contributed by atoms with van der Waals surface area (Å²) in [6.45, 7) is 9.29. The van der Waals surface area contributed by atoms with Gasteiger partial charge >= 0.3 is 6.09 Å². The Morgan fingerprint density at radius 1 is 1.59 bits per heavy atom. The van der Waals surface area contributed by atoms with Crippen molar-refractivity contribution in [1.29, 1.82) is 0 Å². The minimum absolute atomic E-state index is 0.270. The third kappa shape index (κ3) is 7.01. The quantitative estimate of drug-likeness (QED) is 0.269. The number of carbonyl (C=O) groups is 1. The first-order valence-corrected chi connectivity index (χ1v) is 6.72. The van der Waals surface area contributed by atoms with Gasteiger partial charge in [0.05, 0.1) is 0 Å². The molecule has 0 aliphatic rings. The largest absolute Gasteiger partial charge is 0.616 e. The van der Waals surface area contributed by atoms with Crippen LogP contribution in [0, 0.1) is 5.41 Å². The van der Waals surface area contributed by atoms with E-state index in [9.17, 15) is 9.35 Å². The van der Waals surface area contributed by atoms with Crippen molar-refractivity contribution in [3.05, 3.63) is 12.7 Å². The lowest BCUT2D eigenvalue weighted by Gasteiger charge is -2.21. The molecule has 1 amide bonds. The standard InChI is InChI=1S/C11H20N2O3S/c1-6-7-17(15)8-9(11(2,3)4)13-16-10(14)12-5/h6H,1,7-8H2,2-5H3,(H,12,14). The Kier molecular flexibility index (Phi) is 6.91. The zero-order chi connectivity index (χ0) is 13.5. The average molecular weight is 260 g/mol. The van der Waals surface area contributed by atoms with Crippen molar-refractivity contribution in [2.75, 3.05) is 18.6 Å². The van der Waals surface area contributed by atoms with Gasteiger partial charge in [-0.15, -0.1) is 0 Å². The van der Waals surface area contributed by atoms with Crippen LogP contribution in [-0.2, 0) is 16.0 Å². The van der Waals surface area contributed by atoms with Crippen LogP contribution in [0.1, 0.15) is 20.8 Å². The van der Waals surface area contributed by atoms with Gasteiger partial charge in [0, 0.05) is 12.5 Å². The molecule has 0 aromatic rings. The lowest BCUT2D eigenvalue weighted by Crippen LogP contribution is -2.30. The third-order valence-electron chi connectivity index (χ3n) is 1.91. The Balaban J connectivity index is 4.65. The van der Waals surface area contributed by atoms with Crippen molar-refractivity contribution in [2.45, 2.75) is 20.8 Å². The van der Waals surface area contributed by atoms with Crippen molar-refractivity contribution < 1.29 is 14.2 Å². The van der Waals surface area contributed by atoms with Crippen LogP contribution in [0.15, 0.2) is 17.8 Å². The Bertz CT molecular complexity index is 298. The first-order chi connectivity index (χ1) is 7.81. The molecule has 1 atom stereocenters. The molecule has 0 rings (SSSR count). The number of rotatable bonds is 5. The number of hydrogen-bond donors (Lipinski definition) is 1. The van der Waals surface area contributed by atoms with Crippen LogP contribution in [-0.4, -0.2) is 34.9 Å². The predicted octanol–water partition coefficient (Wildman–Crippen LogP) is 1.68. The maximum absolute atomic E-state index is 11.6. The lowest BCUT2D eigenvalue weighted by molar-refractivity contribution is 0.151. The number of oxime groups is 1. The van der Waals surface area contributed by atoms with Crippen molar-refractivity contribution in [3.8, 4) is 0 Å². The third-order valence-corrected chi connectivity index (χ3v) is 3.11. The average Bonchev–Trinajstić information content (AvgIpc) is 2.22. The summed E-state index contributed by atoms with van der Waals surface area (Å²) in [5.74, 6) is 0.668. The molecule has 0 spiro atoms. The van der Waals surface area contributed by atoms with Crippen molar-refractivity contribution in [3.63, 3.8) is 0 Å². The van der Waals surface area contributed by atoms with Crippen LogP contribution in [0.3, 0.4) is 0 Å². The van der Waals surface area contributed by atoms with Gasteiger partial charge in [-0.25, -0.2) is 4.79 Å². The second kappa shape index (κ2) is 7.34. The van der Waals surface area contributed by atoms with Gasteiger partial charge in [-0.3, -0.25) is 4.84 Å². The lowest BCUT2D eigenvalue weighted by atomic mass is 9.91. The normalized spacial score (nSPS) is 14.1. The number of hydrogen-bond acceptors (Lipinski definition) is 4. The summed E-state index contributed by atoms with van der Waals surface area (Å²) in [7, 11) is 1.45. The Hall–Kier alpha value is -1.01. The minimum atomic E-state index is -1.07. The molecular formula is C11H20N2O3S. The Labute approximate surface area is 105 Å². The fourth-order valence-electron chi connectivity index (χ4n) is 0.865. The highest BCUT2D eigenvalue weighted by Crippen LogP contribution is 2.18. The van der Waals surface area contributed by atoms with Gasteiger partial charge in [-0.2, -0.15) is 0 Å². The minimum Gasteiger partial charge on any atom is -0.616 e. The van der Waals surface area contributed by atoms with Gasteiger partial charge in [0.1, 0.15) is 17.2 Å². The van der Waals surface area contributed by atoms with Gasteiger partial charge in [-0.05, 0) is 17.3 Å². The van der Waals surface area contributed by atoms with Crippen molar-refractivity contribution in [1.82, 2.24) is 5.32 Å². The molecule has 0 radical (unpaired) electrons. The smallest absolute Gasteiger partial charge is 0.433 e. The van der Waals surface area contributed by atoms with E-state index in [1.807, 2.05) is 20.8 Å². The number of carbonyl (C=O) groups excluding carboxylic acids is 1. The fraction of sp³-hybridized carbons (Fsp3) is 0.636. The molecule has 0 aromatic carbocycles. The maximum atomic E-state index is 11.6. The van der Waals surface area contributed by atoms with E-state index < -0.39 is 17.3 Å². The van der Waals surface area contributed by atoms with Gasteiger partial charge in [0.15, 0.2) is 0 Å². The Morgan fingerprint density at radius 3 is 2.59 bits per heavy atom. The van der Waals surface area contributed by atoms with Crippen LogP contribution in [0.5, 0.6) is 0 Å². The molecule has 0 heterocycles. The van der Waals surface area contributed by atoms with E-state index in [0.29, 0.717) is 11.5 Å². The summed E-state index contributed by atoms with van der Waals surface area (Å²) < 4.78 is 11.6. The van der Waals surface area contributed by atoms with Crippen LogP contribution < -0.4 is 5.32 Å². The summed E-state index contributed by atoms with van der Waals surface area (Å²) in [6, 6.07) is 0. The molecule has 6 heteroatoms. The molecule has 0 bridgehead atoms. The first kappa shape index (κ1) is 16.0. The summed E-state index contributed by atoms with van der Waals surface area (Å²) in [5.41, 5.74) is 0.284. The van der Waals surface area contributed by atoms with Gasteiger partial charge in [0.2, 0.25) is 0 Å². The molecule has 0 aliphatic heterocycles. The molecule has 98 valence electrons. The topological polar surface area (TPSA) is 73.8 Å². The monoisotopic (exact) mass is 260 g/mol. The SMILES string of the molecule is C=CC[S+]([O-])CC(=NOC(=O)NC)C(C)(C)C. The summed E-state index contributed by atoms with van der Waals surface area (Å²) in [6.07, 6.45) is 0.956. The van der Waals surface area contributed by atoms with Crippen LogP contribution in [0.25, 0.3) is 0 Å². The Morgan fingerprint density at radius 2 is 2.18 bits per heavy atom. The zero-order valence-electron chi connectivity index (χ0n) is 10.8. The van der Waals surface area contributed by atoms with E-state index in [0.717, 1.165) is 0 Å². The number of amides is 1. The molecule has 0 saturated carbocycles. The van der Waals surface area contributed by atoms with Crippen molar-refractivity contribution >= 4 is 23.0 Å². The molecule has 0 aliphatic carbocycles. The van der Waals surface area contributed by atoms with Crippen molar-refractivity contribution in [2.24, 2.45) is 10.6 Å². The zero-order valence-corrected chi connectivity index (χ0v) is 11.6. The summed E-state index contributed by atoms with van der Waals surface area (Å²) in [4.78, 5) is 15.6. The van der Waals surface area contributed by atoms with E-state index in [4.69, 9.17) is 0 Å².